The Balaban J connectivity index is 3.09. The Morgan fingerprint density at radius 1 is 1.40 bits per heavy atom. The van der Waals surface area contributed by atoms with Gasteiger partial charge in [0.05, 0.1) is 6.61 Å². The van der Waals surface area contributed by atoms with E-state index >= 15 is 0 Å². The lowest BCUT2D eigenvalue weighted by atomic mass is 10.6. The molecule has 0 aliphatic rings. The number of hydrogen-bond acceptors (Lipinski definition) is 2. The maximum atomic E-state index is 10.6. The summed E-state index contributed by atoms with van der Waals surface area (Å²) in [5.41, 5.74) is 0. The van der Waals surface area contributed by atoms with Gasteiger partial charge in [-0.15, -0.1) is 0 Å². The van der Waals surface area contributed by atoms with Crippen molar-refractivity contribution in [2.24, 2.45) is 0 Å². The second-order valence-corrected chi connectivity index (χ2v) is 2.39. The normalized spacial score (nSPS) is 9.00. The number of hydrogen-bond donors (Lipinski definition) is 3. The molecule has 0 aliphatic carbocycles. The van der Waals surface area contributed by atoms with Gasteiger partial charge in [0.1, 0.15) is 0 Å². The van der Waals surface area contributed by atoms with Crippen LogP contribution in [0.5, 0.6) is 0 Å². The summed E-state index contributed by atoms with van der Waals surface area (Å²) >= 11 is 3.15. The lowest BCUT2D eigenvalue weighted by molar-refractivity contribution is 0.235. The third-order valence-electron chi connectivity index (χ3n) is 0.777. The summed E-state index contributed by atoms with van der Waals surface area (Å²) in [5.74, 6) is 0. The van der Waals surface area contributed by atoms with Crippen LogP contribution in [0.25, 0.3) is 0 Å². The van der Waals surface area contributed by atoms with Gasteiger partial charge in [0, 0.05) is 18.4 Å². The molecule has 0 saturated carbocycles. The standard InChI is InChI=1S/C5H11BrN2O2/c6-1-2-7-5(10)8-3-4-9/h9H,1-4H2,(H2,7,8,10). The zero-order valence-electron chi connectivity index (χ0n) is 5.56. The molecule has 0 fully saturated rings. The second-order valence-electron chi connectivity index (χ2n) is 1.60. The van der Waals surface area contributed by atoms with Crippen molar-refractivity contribution in [3.63, 3.8) is 0 Å². The van der Waals surface area contributed by atoms with Crippen molar-refractivity contribution < 1.29 is 9.90 Å². The van der Waals surface area contributed by atoms with E-state index in [4.69, 9.17) is 5.11 Å². The molecule has 0 saturated heterocycles. The SMILES string of the molecule is O=C(NCCO)NCCBr. The van der Waals surface area contributed by atoms with Crippen LogP contribution >= 0.6 is 15.9 Å². The molecular weight excluding hydrogens is 200 g/mol. The molecule has 0 radical (unpaired) electrons. The van der Waals surface area contributed by atoms with Gasteiger partial charge in [-0.1, -0.05) is 15.9 Å². The number of halogens is 1. The number of rotatable bonds is 4. The van der Waals surface area contributed by atoms with Crippen molar-refractivity contribution in [2.45, 2.75) is 0 Å². The molecule has 2 amide bonds. The van der Waals surface area contributed by atoms with Gasteiger partial charge in [-0.25, -0.2) is 4.79 Å². The highest BCUT2D eigenvalue weighted by molar-refractivity contribution is 9.09. The Morgan fingerprint density at radius 2 is 2.00 bits per heavy atom. The van der Waals surface area contributed by atoms with Crippen LogP contribution < -0.4 is 10.6 Å². The molecule has 5 heteroatoms. The predicted molar refractivity (Wildman–Crippen MR) is 42.3 cm³/mol. The molecule has 0 bridgehead atoms. The second kappa shape index (κ2) is 6.82. The van der Waals surface area contributed by atoms with E-state index < -0.39 is 0 Å². The van der Waals surface area contributed by atoms with Crippen LogP contribution in [-0.4, -0.2) is 36.2 Å². The van der Waals surface area contributed by atoms with Crippen LogP contribution in [0.2, 0.25) is 0 Å². The molecule has 0 spiro atoms. The number of aliphatic hydroxyl groups excluding tert-OH is 1. The highest BCUT2D eigenvalue weighted by atomic mass is 79.9. The molecule has 0 aromatic rings. The van der Waals surface area contributed by atoms with Crippen LogP contribution in [0.3, 0.4) is 0 Å². The predicted octanol–water partition coefficient (Wildman–Crippen LogP) is -0.327. The summed E-state index contributed by atoms with van der Waals surface area (Å²) in [5, 5.41) is 14.0. The highest BCUT2D eigenvalue weighted by Gasteiger charge is 1.94. The third-order valence-corrected chi connectivity index (χ3v) is 1.17. The highest BCUT2D eigenvalue weighted by Crippen LogP contribution is 1.74. The molecule has 0 aromatic heterocycles. The monoisotopic (exact) mass is 210 g/mol. The summed E-state index contributed by atoms with van der Waals surface area (Å²) in [6.45, 7) is 0.868. The maximum Gasteiger partial charge on any atom is 0.314 e. The number of nitrogens with one attached hydrogen (secondary N) is 2. The Morgan fingerprint density at radius 3 is 2.50 bits per heavy atom. The molecule has 10 heavy (non-hydrogen) atoms. The van der Waals surface area contributed by atoms with Crippen molar-refractivity contribution in [3.05, 3.63) is 0 Å². The quantitative estimate of drug-likeness (QED) is 0.557. The first-order valence-electron chi connectivity index (χ1n) is 2.99. The summed E-state index contributed by atoms with van der Waals surface area (Å²) in [4.78, 5) is 10.6. The van der Waals surface area contributed by atoms with E-state index in [-0.39, 0.29) is 12.6 Å². The van der Waals surface area contributed by atoms with Crippen molar-refractivity contribution in [2.75, 3.05) is 25.0 Å². The number of urea groups is 1. The molecule has 0 unspecified atom stereocenters. The van der Waals surface area contributed by atoms with Gasteiger partial charge in [-0.2, -0.15) is 0 Å². The molecule has 3 N–H and O–H groups in total. The fourth-order valence-corrected chi connectivity index (χ4v) is 0.591. The van der Waals surface area contributed by atoms with E-state index in [1.54, 1.807) is 0 Å². The van der Waals surface area contributed by atoms with Gasteiger partial charge in [0.25, 0.3) is 0 Å². The molecule has 0 rings (SSSR count). The minimum atomic E-state index is -0.242. The number of carbonyl (C=O) groups excluding carboxylic acids is 1. The summed E-state index contributed by atoms with van der Waals surface area (Å²) in [7, 11) is 0. The van der Waals surface area contributed by atoms with Gasteiger partial charge < -0.3 is 15.7 Å². The van der Waals surface area contributed by atoms with E-state index in [9.17, 15) is 4.79 Å². The van der Waals surface area contributed by atoms with Gasteiger partial charge in [-0.3, -0.25) is 0 Å². The molecule has 60 valence electrons. The van der Waals surface area contributed by atoms with Gasteiger partial charge in [0.15, 0.2) is 0 Å². The van der Waals surface area contributed by atoms with Gasteiger partial charge in [0.2, 0.25) is 0 Å². The Bertz CT molecular complexity index is 89.6. The van der Waals surface area contributed by atoms with Gasteiger partial charge in [-0.05, 0) is 0 Å². The number of carbonyl (C=O) groups is 1. The molecule has 0 aliphatic heterocycles. The van der Waals surface area contributed by atoms with Crippen molar-refractivity contribution in [3.8, 4) is 0 Å². The van der Waals surface area contributed by atoms with Gasteiger partial charge >= 0.3 is 6.03 Å². The topological polar surface area (TPSA) is 61.4 Å². The number of alkyl halides is 1. The minimum absolute atomic E-state index is 0.0261. The van der Waals surface area contributed by atoms with Crippen molar-refractivity contribution in [1.82, 2.24) is 10.6 Å². The summed E-state index contributed by atoms with van der Waals surface area (Å²) < 4.78 is 0. The minimum Gasteiger partial charge on any atom is -0.395 e. The largest absolute Gasteiger partial charge is 0.395 e. The molecular formula is C5H11BrN2O2. The third kappa shape index (κ3) is 5.84. The smallest absolute Gasteiger partial charge is 0.314 e. The van der Waals surface area contributed by atoms with E-state index in [1.807, 2.05) is 0 Å². The molecule has 0 atom stereocenters. The van der Waals surface area contributed by atoms with Crippen LogP contribution in [0.4, 0.5) is 4.79 Å². The molecule has 0 heterocycles. The van der Waals surface area contributed by atoms with Crippen LogP contribution in [0.15, 0.2) is 0 Å². The zero-order valence-corrected chi connectivity index (χ0v) is 7.15. The van der Waals surface area contributed by atoms with E-state index in [2.05, 4.69) is 26.6 Å². The average Bonchev–Trinajstić information content (AvgIpc) is 1.97. The van der Waals surface area contributed by atoms with Crippen LogP contribution in [0.1, 0.15) is 0 Å². The molecule has 0 aromatic carbocycles. The first kappa shape index (κ1) is 9.71. The average molecular weight is 211 g/mol. The first-order valence-corrected chi connectivity index (χ1v) is 4.12. The van der Waals surface area contributed by atoms with Crippen LogP contribution in [0, 0.1) is 0 Å². The fourth-order valence-electron chi connectivity index (χ4n) is 0.393. The lowest BCUT2D eigenvalue weighted by Crippen LogP contribution is -2.37. The van der Waals surface area contributed by atoms with E-state index in [1.165, 1.54) is 0 Å². The Labute approximate surface area is 68.1 Å². The lowest BCUT2D eigenvalue weighted by Gasteiger charge is -2.02. The Kier molecular flexibility index (Phi) is 6.63. The summed E-state index contributed by atoms with van der Waals surface area (Å²) in [6, 6.07) is -0.242. The van der Waals surface area contributed by atoms with E-state index in [0.717, 1.165) is 5.33 Å². The summed E-state index contributed by atoms with van der Waals surface area (Å²) in [6.07, 6.45) is 0. The number of amides is 2. The Hall–Kier alpha value is -0.290. The van der Waals surface area contributed by atoms with Crippen molar-refractivity contribution in [1.29, 1.82) is 0 Å². The van der Waals surface area contributed by atoms with E-state index in [0.29, 0.717) is 13.1 Å². The van der Waals surface area contributed by atoms with Crippen molar-refractivity contribution >= 4 is 22.0 Å². The first-order chi connectivity index (χ1) is 4.81. The molecule has 4 nitrogen and oxygen atoms in total. The van der Waals surface area contributed by atoms with Crippen LogP contribution in [-0.2, 0) is 0 Å². The number of aliphatic hydroxyl groups is 1. The fraction of sp³-hybridized carbons (Fsp3) is 0.800. The maximum absolute atomic E-state index is 10.6. The zero-order chi connectivity index (χ0) is 7.82.